The van der Waals surface area contributed by atoms with Crippen molar-refractivity contribution in [2.75, 3.05) is 13.2 Å². The van der Waals surface area contributed by atoms with Crippen LogP contribution in [0.3, 0.4) is 0 Å². The molecule has 4 aromatic rings. The van der Waals surface area contributed by atoms with Gasteiger partial charge < -0.3 is 9.84 Å². The maximum atomic E-state index is 13.1. The number of ether oxygens (including phenoxy) is 1. The SMILES string of the molecule is O=C(NOC1CCCCO1)c1cc(-c2ccc(-c3ccc(CCCO)cc3)cc2)nc2cc(Cl)ncc12. The van der Waals surface area contributed by atoms with Crippen LogP contribution in [0.5, 0.6) is 0 Å². The predicted octanol–water partition coefficient (Wildman–Crippen LogP) is 5.73. The van der Waals surface area contributed by atoms with E-state index in [1.165, 1.54) is 5.56 Å². The van der Waals surface area contributed by atoms with Gasteiger partial charge in [0.25, 0.3) is 5.91 Å². The first-order valence-corrected chi connectivity index (χ1v) is 12.8. The third kappa shape index (κ3) is 6.14. The maximum absolute atomic E-state index is 13.1. The highest BCUT2D eigenvalue weighted by atomic mass is 35.5. The van der Waals surface area contributed by atoms with Gasteiger partial charge in [0.15, 0.2) is 6.29 Å². The van der Waals surface area contributed by atoms with Crippen LogP contribution >= 0.6 is 11.6 Å². The zero-order chi connectivity index (χ0) is 25.6. The average Bonchev–Trinajstić information content (AvgIpc) is 2.95. The van der Waals surface area contributed by atoms with Crippen molar-refractivity contribution in [3.63, 3.8) is 0 Å². The van der Waals surface area contributed by atoms with Crippen molar-refractivity contribution in [2.24, 2.45) is 0 Å². The van der Waals surface area contributed by atoms with E-state index in [4.69, 9.17) is 31.3 Å². The Hall–Kier alpha value is -3.36. The molecule has 3 heterocycles. The molecule has 5 rings (SSSR count). The largest absolute Gasteiger partial charge is 0.396 e. The number of aliphatic hydroxyl groups excluding tert-OH is 1. The summed E-state index contributed by atoms with van der Waals surface area (Å²) >= 11 is 6.13. The van der Waals surface area contributed by atoms with Crippen LogP contribution in [0.4, 0.5) is 0 Å². The molecule has 2 N–H and O–H groups in total. The fourth-order valence-corrected chi connectivity index (χ4v) is 4.54. The molecule has 0 saturated carbocycles. The van der Waals surface area contributed by atoms with E-state index in [0.29, 0.717) is 33.9 Å². The Balaban J connectivity index is 1.40. The van der Waals surface area contributed by atoms with E-state index in [2.05, 4.69) is 34.7 Å². The number of halogens is 1. The summed E-state index contributed by atoms with van der Waals surface area (Å²) in [5, 5.41) is 9.91. The molecular formula is C29H28ClN3O4. The first-order valence-electron chi connectivity index (χ1n) is 12.5. The van der Waals surface area contributed by atoms with Gasteiger partial charge in [0.2, 0.25) is 0 Å². The summed E-state index contributed by atoms with van der Waals surface area (Å²) in [6, 6.07) is 19.8. The Labute approximate surface area is 220 Å². The van der Waals surface area contributed by atoms with Crippen LogP contribution in [0.1, 0.15) is 41.6 Å². The van der Waals surface area contributed by atoms with Crippen LogP contribution in [-0.4, -0.2) is 40.5 Å². The molecule has 1 amide bonds. The van der Waals surface area contributed by atoms with Gasteiger partial charge in [-0.2, -0.15) is 0 Å². The lowest BCUT2D eigenvalue weighted by Crippen LogP contribution is -2.33. The molecule has 1 atom stereocenters. The van der Waals surface area contributed by atoms with E-state index in [1.54, 1.807) is 18.3 Å². The van der Waals surface area contributed by atoms with E-state index in [1.807, 2.05) is 24.3 Å². The second-order valence-corrected chi connectivity index (χ2v) is 9.41. The van der Waals surface area contributed by atoms with Gasteiger partial charge in [-0.1, -0.05) is 60.1 Å². The van der Waals surface area contributed by atoms with Gasteiger partial charge in [-0.25, -0.2) is 20.3 Å². The van der Waals surface area contributed by atoms with Gasteiger partial charge in [-0.15, -0.1) is 0 Å². The number of amides is 1. The lowest BCUT2D eigenvalue weighted by Gasteiger charge is -2.22. The molecule has 2 aromatic carbocycles. The summed E-state index contributed by atoms with van der Waals surface area (Å²) in [6.07, 6.45) is 5.44. The lowest BCUT2D eigenvalue weighted by atomic mass is 9.99. The van der Waals surface area contributed by atoms with Gasteiger partial charge in [-0.05, 0) is 48.4 Å². The van der Waals surface area contributed by atoms with Crippen LogP contribution in [0.15, 0.2) is 66.9 Å². The van der Waals surface area contributed by atoms with Gasteiger partial charge in [-0.3, -0.25) is 4.79 Å². The smallest absolute Gasteiger partial charge is 0.275 e. The molecule has 0 bridgehead atoms. The van der Waals surface area contributed by atoms with E-state index in [-0.39, 0.29) is 6.61 Å². The normalized spacial score (nSPS) is 15.6. The molecular weight excluding hydrogens is 490 g/mol. The van der Waals surface area contributed by atoms with Crippen LogP contribution < -0.4 is 5.48 Å². The van der Waals surface area contributed by atoms with Crippen LogP contribution in [-0.2, 0) is 16.0 Å². The molecule has 0 radical (unpaired) electrons. The van der Waals surface area contributed by atoms with Crippen molar-refractivity contribution in [1.82, 2.24) is 15.4 Å². The number of fused-ring (bicyclic) bond motifs is 1. The lowest BCUT2D eigenvalue weighted by molar-refractivity contribution is -0.186. The Morgan fingerprint density at radius 3 is 2.49 bits per heavy atom. The van der Waals surface area contributed by atoms with Crippen molar-refractivity contribution in [3.05, 3.63) is 83.1 Å². The number of aromatic nitrogens is 2. The standard InChI is InChI=1S/C29H28ClN3O4/c30-27-17-26-24(18-31-27)23(29(35)33-37-28-5-1-2-15-36-28)16-25(32-26)22-12-10-21(11-13-22)20-8-6-19(7-9-20)4-3-14-34/h6-13,16-18,28,34H,1-5,14-15H2,(H,33,35). The second-order valence-electron chi connectivity index (χ2n) is 9.03. The molecule has 1 aliphatic heterocycles. The molecule has 2 aromatic heterocycles. The minimum atomic E-state index is -0.450. The Bertz CT molecular complexity index is 1370. The Morgan fingerprint density at radius 2 is 1.78 bits per heavy atom. The fourth-order valence-electron chi connectivity index (χ4n) is 4.39. The zero-order valence-corrected chi connectivity index (χ0v) is 21.1. The number of benzene rings is 2. The van der Waals surface area contributed by atoms with Crippen LogP contribution in [0.2, 0.25) is 5.15 Å². The molecule has 37 heavy (non-hydrogen) atoms. The summed E-state index contributed by atoms with van der Waals surface area (Å²) in [7, 11) is 0. The van der Waals surface area contributed by atoms with E-state index < -0.39 is 12.2 Å². The monoisotopic (exact) mass is 517 g/mol. The number of nitrogens with one attached hydrogen (secondary N) is 1. The predicted molar refractivity (Wildman–Crippen MR) is 143 cm³/mol. The number of rotatable bonds is 8. The molecule has 8 heteroatoms. The molecule has 0 aliphatic carbocycles. The third-order valence-corrected chi connectivity index (χ3v) is 6.62. The first-order chi connectivity index (χ1) is 18.1. The van der Waals surface area contributed by atoms with E-state index >= 15 is 0 Å². The molecule has 1 saturated heterocycles. The van der Waals surface area contributed by atoms with Crippen LogP contribution in [0.25, 0.3) is 33.3 Å². The van der Waals surface area contributed by atoms with Crippen molar-refractivity contribution in [2.45, 2.75) is 38.4 Å². The van der Waals surface area contributed by atoms with Gasteiger partial charge in [0.1, 0.15) is 5.15 Å². The number of aliphatic hydroxyl groups is 1. The molecule has 190 valence electrons. The number of carbonyl (C=O) groups excluding carboxylic acids is 1. The third-order valence-electron chi connectivity index (χ3n) is 6.42. The average molecular weight is 518 g/mol. The highest BCUT2D eigenvalue weighted by Crippen LogP contribution is 2.28. The van der Waals surface area contributed by atoms with Crippen molar-refractivity contribution >= 4 is 28.4 Å². The van der Waals surface area contributed by atoms with Crippen molar-refractivity contribution in [3.8, 4) is 22.4 Å². The van der Waals surface area contributed by atoms with Gasteiger partial charge >= 0.3 is 0 Å². The Morgan fingerprint density at radius 1 is 1.05 bits per heavy atom. The number of carbonyl (C=O) groups is 1. The fraction of sp³-hybridized carbons (Fsp3) is 0.276. The Kier molecular flexibility index (Phi) is 8.06. The van der Waals surface area contributed by atoms with E-state index in [0.717, 1.165) is 48.8 Å². The summed E-state index contributed by atoms with van der Waals surface area (Å²) < 4.78 is 5.54. The van der Waals surface area contributed by atoms with E-state index in [9.17, 15) is 4.79 Å². The summed E-state index contributed by atoms with van der Waals surface area (Å²) in [5.74, 6) is -0.398. The number of hydrogen-bond donors (Lipinski definition) is 2. The minimum Gasteiger partial charge on any atom is -0.396 e. The molecule has 1 fully saturated rings. The number of pyridine rings is 2. The number of hydrogen-bond acceptors (Lipinski definition) is 6. The van der Waals surface area contributed by atoms with Crippen molar-refractivity contribution < 1.29 is 19.5 Å². The van der Waals surface area contributed by atoms with Gasteiger partial charge in [0.05, 0.1) is 16.8 Å². The highest BCUT2D eigenvalue weighted by molar-refractivity contribution is 6.30. The van der Waals surface area contributed by atoms with Crippen LogP contribution in [0, 0.1) is 0 Å². The highest BCUT2D eigenvalue weighted by Gasteiger charge is 2.19. The molecule has 7 nitrogen and oxygen atoms in total. The minimum absolute atomic E-state index is 0.195. The maximum Gasteiger partial charge on any atom is 0.275 e. The second kappa shape index (κ2) is 11.8. The number of hydroxylamine groups is 1. The number of nitrogens with zero attached hydrogens (tertiary/aromatic N) is 2. The summed E-state index contributed by atoms with van der Waals surface area (Å²) in [6.45, 7) is 0.815. The molecule has 0 spiro atoms. The first kappa shape index (κ1) is 25.3. The summed E-state index contributed by atoms with van der Waals surface area (Å²) in [4.78, 5) is 27.5. The zero-order valence-electron chi connectivity index (χ0n) is 20.3. The molecule has 1 unspecified atom stereocenters. The quantitative estimate of drug-likeness (QED) is 0.229. The van der Waals surface area contributed by atoms with Gasteiger partial charge in [0, 0.05) is 42.8 Å². The number of aryl methyl sites for hydroxylation is 1. The van der Waals surface area contributed by atoms with Crippen molar-refractivity contribution in [1.29, 1.82) is 0 Å². The topological polar surface area (TPSA) is 93.6 Å². The summed E-state index contributed by atoms with van der Waals surface area (Å²) in [5.41, 5.74) is 8.38. The molecule has 1 aliphatic rings.